The van der Waals surface area contributed by atoms with E-state index in [1.165, 1.54) is 46.0 Å². The van der Waals surface area contributed by atoms with Crippen LogP contribution >= 0.6 is 0 Å². The number of rotatable bonds is 21. The highest BCUT2D eigenvalue weighted by molar-refractivity contribution is 6.77. The van der Waals surface area contributed by atoms with Gasteiger partial charge in [-0.1, -0.05) is 63.3 Å². The second-order valence-electron chi connectivity index (χ2n) is 16.5. The number of alkyl carbamates (subject to hydrolysis) is 1. The first kappa shape index (κ1) is 56.9. The molecule has 3 amide bonds. The van der Waals surface area contributed by atoms with Crippen molar-refractivity contribution >= 4 is 32.0 Å². The molecule has 0 aliphatic carbocycles. The molecule has 1 aromatic carbocycles. The van der Waals surface area contributed by atoms with E-state index in [1.54, 1.807) is 39.0 Å². The van der Waals surface area contributed by atoms with E-state index >= 15 is 0 Å². The Kier molecular flexibility index (Phi) is 17.7. The molecule has 0 saturated heterocycles. The molecule has 9 nitrogen and oxygen atoms in total. The summed E-state index contributed by atoms with van der Waals surface area (Å²) in [5.74, 6) is -60.3. The van der Waals surface area contributed by atoms with E-state index in [4.69, 9.17) is 9.47 Å². The largest absolute Gasteiger partial charge is 0.464 e. The highest BCUT2D eigenvalue weighted by Gasteiger charge is 2.95. The molecule has 3 N–H and O–H groups in total. The Bertz CT molecular complexity index is 1740. The van der Waals surface area contributed by atoms with Crippen LogP contribution in [0.1, 0.15) is 66.0 Å². The average molecular weight is 968 g/mol. The van der Waals surface area contributed by atoms with Crippen LogP contribution in [0.3, 0.4) is 0 Å². The maximum Gasteiger partial charge on any atom is 0.460 e. The number of alkyl halides is 17. The second kappa shape index (κ2) is 19.6. The van der Waals surface area contributed by atoms with Crippen LogP contribution in [0, 0.1) is 5.92 Å². The van der Waals surface area contributed by atoms with Crippen molar-refractivity contribution in [2.75, 3.05) is 6.61 Å². The molecule has 0 saturated carbocycles. The predicted octanol–water partition coefficient (Wildman–Crippen LogP) is 9.94. The van der Waals surface area contributed by atoms with E-state index in [0.29, 0.717) is 5.56 Å². The van der Waals surface area contributed by atoms with Gasteiger partial charge in [0.05, 0.1) is 14.7 Å². The van der Waals surface area contributed by atoms with Crippen LogP contribution in [0.2, 0.25) is 25.2 Å². The fourth-order valence-corrected chi connectivity index (χ4v) is 7.33. The fourth-order valence-electron chi connectivity index (χ4n) is 5.29. The zero-order valence-corrected chi connectivity index (χ0v) is 35.6. The van der Waals surface area contributed by atoms with Gasteiger partial charge in [-0.15, -0.1) is 0 Å². The molecule has 63 heavy (non-hydrogen) atoms. The minimum absolute atomic E-state index is 0.222. The summed E-state index contributed by atoms with van der Waals surface area (Å²) in [6, 6.07) is 2.85. The third-order valence-electron chi connectivity index (χ3n) is 9.18. The number of carbonyl (C=O) groups is 4. The number of hydrogen-bond acceptors (Lipinski definition) is 6. The standard InChI is InChI=1S/C36H46F17N3O6Si/c1-19(2)22(55-24(57)20(3)54-25(58)23(21-13-10-9-11-14-21)56-27(60)62-28(4,5)6)26(59)61-16-18-63(7,8)17-12-15-29(37,38)30(39,40)31(41,42)32(43,44)33(45,46)34(47,48)35(49,50)36(51,52)53/h9-11,13-14,19-20,22-23H,12,15-18H2,1-8H3,(H,54,58)(H,55,57)(H,56,60)/t20-,22-,23-/m0/s1. The SMILES string of the molecule is CC(C)[C@H](NC(=O)[C@H](C)NC(=O)[C@@H](NC(=O)OC(C)(C)C)c1ccccc1)C(=O)OCC[Si](C)(C)CCCC(F)(F)C(F)(F)C(F)(F)C(F)(F)C(F)(F)C(F)(F)C(F)(F)C(F)(F)F. The number of hydrogen-bond donors (Lipinski definition) is 3. The van der Waals surface area contributed by atoms with E-state index in [2.05, 4.69) is 16.0 Å². The summed E-state index contributed by atoms with van der Waals surface area (Å²) in [6.45, 7) is 11.0. The monoisotopic (exact) mass is 967 g/mol. The van der Waals surface area contributed by atoms with Crippen LogP contribution in [0.5, 0.6) is 0 Å². The van der Waals surface area contributed by atoms with Crippen molar-refractivity contribution in [1.29, 1.82) is 0 Å². The molecule has 27 heteroatoms. The van der Waals surface area contributed by atoms with Gasteiger partial charge in [0.15, 0.2) is 0 Å². The molecule has 0 unspecified atom stereocenters. The zero-order chi connectivity index (χ0) is 49.8. The quantitative estimate of drug-likeness (QED) is 0.0641. The topological polar surface area (TPSA) is 123 Å². The Morgan fingerprint density at radius 2 is 1.08 bits per heavy atom. The molecular weight excluding hydrogens is 921 g/mol. The first-order valence-corrected chi connectivity index (χ1v) is 21.9. The molecule has 1 rings (SSSR count). The van der Waals surface area contributed by atoms with Crippen LogP contribution in [0.15, 0.2) is 30.3 Å². The number of benzene rings is 1. The first-order chi connectivity index (χ1) is 28.0. The number of halogens is 17. The second-order valence-corrected chi connectivity index (χ2v) is 21.9. The van der Waals surface area contributed by atoms with Crippen LogP contribution < -0.4 is 16.0 Å². The number of amides is 3. The molecule has 1 aromatic rings. The average Bonchev–Trinajstić information content (AvgIpc) is 3.10. The maximum absolute atomic E-state index is 14.4. The van der Waals surface area contributed by atoms with Crippen LogP contribution in [0.4, 0.5) is 79.4 Å². The van der Waals surface area contributed by atoms with Gasteiger partial charge in [-0.05, 0) is 51.6 Å². The third-order valence-corrected chi connectivity index (χ3v) is 12.4. The molecule has 0 spiro atoms. The predicted molar refractivity (Wildman–Crippen MR) is 191 cm³/mol. The summed E-state index contributed by atoms with van der Waals surface area (Å²) < 4.78 is 242. The number of carbonyl (C=O) groups excluding carboxylic acids is 4. The first-order valence-electron chi connectivity index (χ1n) is 18.5. The van der Waals surface area contributed by atoms with E-state index in [9.17, 15) is 93.8 Å². The highest BCUT2D eigenvalue weighted by Crippen LogP contribution is 2.64. The summed E-state index contributed by atoms with van der Waals surface area (Å²) in [5.41, 5.74) is -0.636. The lowest BCUT2D eigenvalue weighted by Crippen LogP contribution is -2.74. The van der Waals surface area contributed by atoms with Gasteiger partial charge >= 0.3 is 59.7 Å². The van der Waals surface area contributed by atoms with Crippen molar-refractivity contribution in [3.63, 3.8) is 0 Å². The minimum atomic E-state index is -8.70. The third kappa shape index (κ3) is 12.8. The van der Waals surface area contributed by atoms with Gasteiger partial charge in [0, 0.05) is 6.42 Å². The normalized spacial score (nSPS) is 15.6. The smallest absolute Gasteiger partial charge is 0.460 e. The highest BCUT2D eigenvalue weighted by atomic mass is 28.3. The maximum atomic E-state index is 14.4. The summed E-state index contributed by atoms with van der Waals surface area (Å²) in [6.07, 6.45) is -12.7. The molecule has 3 atom stereocenters. The molecule has 364 valence electrons. The van der Waals surface area contributed by atoms with Crippen molar-refractivity contribution in [3.05, 3.63) is 35.9 Å². The van der Waals surface area contributed by atoms with Gasteiger partial charge < -0.3 is 25.4 Å². The Morgan fingerprint density at radius 1 is 0.619 bits per heavy atom. The van der Waals surface area contributed by atoms with Gasteiger partial charge in [-0.2, -0.15) is 74.6 Å². The van der Waals surface area contributed by atoms with Crippen molar-refractivity contribution in [2.45, 2.75) is 151 Å². The molecule has 0 aliphatic heterocycles. The fraction of sp³-hybridized carbons (Fsp3) is 0.722. The van der Waals surface area contributed by atoms with Gasteiger partial charge in [-0.3, -0.25) is 9.59 Å². The molecular formula is C36H46F17N3O6Si. The van der Waals surface area contributed by atoms with Gasteiger partial charge in [0.25, 0.3) is 0 Å². The number of esters is 1. The Hall–Kier alpha value is -4.07. The zero-order valence-electron chi connectivity index (χ0n) is 34.6. The lowest BCUT2D eigenvalue weighted by atomic mass is 9.88. The molecule has 0 radical (unpaired) electrons. The number of ether oxygens (including phenoxy) is 2. The molecule has 0 aromatic heterocycles. The Morgan fingerprint density at radius 3 is 1.52 bits per heavy atom. The summed E-state index contributed by atoms with van der Waals surface area (Å²) >= 11 is 0. The Balaban J connectivity index is 2.99. The number of nitrogens with one attached hydrogen (secondary N) is 3. The van der Waals surface area contributed by atoms with Gasteiger partial charge in [0.1, 0.15) is 23.7 Å². The molecule has 0 heterocycles. The summed E-state index contributed by atoms with van der Waals surface area (Å²) in [7, 11) is -3.07. The van der Waals surface area contributed by atoms with Crippen molar-refractivity contribution in [1.82, 2.24) is 16.0 Å². The summed E-state index contributed by atoms with van der Waals surface area (Å²) in [5, 5.41) is 7.16. The lowest BCUT2D eigenvalue weighted by Gasteiger charge is -2.42. The minimum Gasteiger partial charge on any atom is -0.464 e. The van der Waals surface area contributed by atoms with Gasteiger partial charge in [0.2, 0.25) is 11.8 Å². The van der Waals surface area contributed by atoms with E-state index in [-0.39, 0.29) is 6.04 Å². The van der Waals surface area contributed by atoms with E-state index < -0.39 is 135 Å². The molecule has 0 bridgehead atoms. The lowest BCUT2D eigenvalue weighted by molar-refractivity contribution is -0.461. The molecule has 0 aliphatic rings. The van der Waals surface area contributed by atoms with Crippen molar-refractivity contribution in [3.8, 4) is 0 Å². The summed E-state index contributed by atoms with van der Waals surface area (Å²) in [4.78, 5) is 51.7. The molecule has 0 fully saturated rings. The van der Waals surface area contributed by atoms with E-state index in [0.717, 1.165) is 0 Å². The van der Waals surface area contributed by atoms with Crippen molar-refractivity contribution in [2.24, 2.45) is 5.92 Å². The van der Waals surface area contributed by atoms with Crippen molar-refractivity contribution < 1.29 is 103 Å². The van der Waals surface area contributed by atoms with E-state index in [1.807, 2.05) is 0 Å². The Labute approximate surface area is 350 Å². The van der Waals surface area contributed by atoms with Crippen LogP contribution in [0.25, 0.3) is 0 Å². The van der Waals surface area contributed by atoms with Crippen LogP contribution in [-0.2, 0) is 23.9 Å². The van der Waals surface area contributed by atoms with Gasteiger partial charge in [-0.25, -0.2) is 9.59 Å². The van der Waals surface area contributed by atoms with Crippen LogP contribution in [-0.4, -0.2) is 104 Å².